The quantitative estimate of drug-likeness (QED) is 0.761. The van der Waals surface area contributed by atoms with Crippen molar-refractivity contribution in [3.8, 4) is 0 Å². The Morgan fingerprint density at radius 1 is 1.38 bits per heavy atom. The number of halogens is 1. The monoisotopic (exact) mass is 255 g/mol. The van der Waals surface area contributed by atoms with E-state index in [1.54, 1.807) is 0 Å². The van der Waals surface area contributed by atoms with Crippen molar-refractivity contribution in [3.63, 3.8) is 0 Å². The minimum atomic E-state index is -3.24. The van der Waals surface area contributed by atoms with Crippen LogP contribution in [0.3, 0.4) is 0 Å². The topological polar surface area (TPSA) is 38.5 Å². The molecule has 1 fully saturated rings. The second kappa shape index (κ2) is 4.08. The SMILES string of the molecule is [C-]#[N+]c1ccc(S(=O)(=O)C2CCC2)cc1Cl. The summed E-state index contributed by atoms with van der Waals surface area (Å²) >= 11 is 5.82. The predicted molar refractivity (Wildman–Crippen MR) is 62.5 cm³/mol. The van der Waals surface area contributed by atoms with Crippen molar-refractivity contribution in [1.29, 1.82) is 0 Å². The first-order chi connectivity index (χ1) is 7.55. The molecule has 1 aromatic carbocycles. The summed E-state index contributed by atoms with van der Waals surface area (Å²) in [5.74, 6) is 0. The molecule has 2 rings (SSSR count). The van der Waals surface area contributed by atoms with Crippen LogP contribution in [0.1, 0.15) is 19.3 Å². The lowest BCUT2D eigenvalue weighted by Gasteiger charge is -2.25. The number of hydrogen-bond acceptors (Lipinski definition) is 2. The Bertz CT molecular complexity index is 556. The van der Waals surface area contributed by atoms with E-state index < -0.39 is 9.84 Å². The fourth-order valence-corrected chi connectivity index (χ4v) is 3.79. The van der Waals surface area contributed by atoms with Gasteiger partial charge in [-0.2, -0.15) is 0 Å². The molecule has 0 radical (unpaired) electrons. The lowest BCUT2D eigenvalue weighted by molar-refractivity contribution is 0.477. The minimum Gasteiger partial charge on any atom is -0.237 e. The molecule has 0 aromatic heterocycles. The Morgan fingerprint density at radius 2 is 2.06 bits per heavy atom. The van der Waals surface area contributed by atoms with Crippen LogP contribution >= 0.6 is 11.6 Å². The van der Waals surface area contributed by atoms with Crippen LogP contribution in [-0.2, 0) is 9.84 Å². The minimum absolute atomic E-state index is 0.204. The van der Waals surface area contributed by atoms with Crippen LogP contribution in [0, 0.1) is 6.57 Å². The summed E-state index contributed by atoms with van der Waals surface area (Å²) in [6.45, 7) is 6.83. The summed E-state index contributed by atoms with van der Waals surface area (Å²) in [6.07, 6.45) is 2.42. The summed E-state index contributed by atoms with van der Waals surface area (Å²) in [6, 6.07) is 4.30. The molecule has 1 aliphatic rings. The van der Waals surface area contributed by atoms with E-state index in [1.165, 1.54) is 18.2 Å². The molecule has 0 saturated heterocycles. The van der Waals surface area contributed by atoms with Gasteiger partial charge in [-0.1, -0.05) is 30.2 Å². The van der Waals surface area contributed by atoms with E-state index >= 15 is 0 Å². The number of nitrogens with zero attached hydrogens (tertiary/aromatic N) is 1. The van der Waals surface area contributed by atoms with Crippen molar-refractivity contribution in [3.05, 3.63) is 34.6 Å². The molecule has 0 amide bonds. The van der Waals surface area contributed by atoms with Gasteiger partial charge in [0.15, 0.2) is 9.84 Å². The van der Waals surface area contributed by atoms with Gasteiger partial charge in [-0.15, -0.1) is 0 Å². The predicted octanol–water partition coefficient (Wildman–Crippen LogP) is 3.22. The number of hydrogen-bond donors (Lipinski definition) is 0. The average Bonchev–Trinajstić information content (AvgIpc) is 2.14. The molecule has 0 unspecified atom stereocenters. The number of benzene rings is 1. The van der Waals surface area contributed by atoms with Gasteiger partial charge in [-0.05, 0) is 18.9 Å². The van der Waals surface area contributed by atoms with Crippen LogP contribution < -0.4 is 0 Å². The van der Waals surface area contributed by atoms with E-state index in [9.17, 15) is 8.42 Å². The Morgan fingerprint density at radius 3 is 2.50 bits per heavy atom. The van der Waals surface area contributed by atoms with Gasteiger partial charge < -0.3 is 0 Å². The molecule has 0 atom stereocenters. The largest absolute Gasteiger partial charge is 0.237 e. The molecular formula is C11H10ClNO2S. The molecule has 1 aliphatic carbocycles. The van der Waals surface area contributed by atoms with Crippen LogP contribution in [0.25, 0.3) is 4.85 Å². The second-order valence-corrected chi connectivity index (χ2v) is 6.46. The molecule has 5 heteroatoms. The lowest BCUT2D eigenvalue weighted by atomic mass is 10.00. The molecular weight excluding hydrogens is 246 g/mol. The zero-order chi connectivity index (χ0) is 11.8. The zero-order valence-electron chi connectivity index (χ0n) is 8.48. The normalized spacial score (nSPS) is 16.5. The molecule has 0 bridgehead atoms. The maximum Gasteiger partial charge on any atom is 0.205 e. The molecule has 1 saturated carbocycles. The van der Waals surface area contributed by atoms with Crippen molar-refractivity contribution in [2.24, 2.45) is 0 Å². The third-order valence-corrected chi connectivity index (χ3v) is 5.42. The third-order valence-electron chi connectivity index (χ3n) is 2.86. The molecule has 1 aromatic rings. The molecule has 3 nitrogen and oxygen atoms in total. The highest BCUT2D eigenvalue weighted by atomic mass is 35.5. The van der Waals surface area contributed by atoms with Gasteiger partial charge in [0, 0.05) is 5.02 Å². The molecule has 0 aliphatic heterocycles. The first-order valence-electron chi connectivity index (χ1n) is 4.96. The molecule has 0 N–H and O–H groups in total. The van der Waals surface area contributed by atoms with Gasteiger partial charge in [-0.3, -0.25) is 0 Å². The lowest BCUT2D eigenvalue weighted by Crippen LogP contribution is -2.28. The van der Waals surface area contributed by atoms with E-state index in [1.807, 2.05) is 0 Å². The van der Waals surface area contributed by atoms with Gasteiger partial charge >= 0.3 is 0 Å². The second-order valence-electron chi connectivity index (χ2n) is 3.82. The van der Waals surface area contributed by atoms with Crippen molar-refractivity contribution >= 4 is 27.1 Å². The van der Waals surface area contributed by atoms with Gasteiger partial charge in [0.1, 0.15) is 0 Å². The van der Waals surface area contributed by atoms with Gasteiger partial charge in [0.05, 0.1) is 16.7 Å². The summed E-state index contributed by atoms with van der Waals surface area (Å²) < 4.78 is 24.1. The highest BCUT2D eigenvalue weighted by molar-refractivity contribution is 7.92. The van der Waals surface area contributed by atoms with Crippen molar-refractivity contribution in [2.45, 2.75) is 29.4 Å². The number of rotatable bonds is 2. The van der Waals surface area contributed by atoms with Crippen LogP contribution in [-0.4, -0.2) is 13.7 Å². The smallest absolute Gasteiger partial charge is 0.205 e. The molecule has 84 valence electrons. The first kappa shape index (κ1) is 11.4. The summed E-state index contributed by atoms with van der Waals surface area (Å²) in [5, 5.41) is -0.0576. The van der Waals surface area contributed by atoms with Crippen LogP contribution in [0.5, 0.6) is 0 Å². The Balaban J connectivity index is 2.42. The third kappa shape index (κ3) is 1.81. The fourth-order valence-electron chi connectivity index (χ4n) is 1.63. The molecule has 16 heavy (non-hydrogen) atoms. The highest BCUT2D eigenvalue weighted by Gasteiger charge is 2.32. The van der Waals surface area contributed by atoms with E-state index in [0.717, 1.165) is 19.3 Å². The van der Waals surface area contributed by atoms with E-state index in [4.69, 9.17) is 18.2 Å². The van der Waals surface area contributed by atoms with Crippen molar-refractivity contribution < 1.29 is 8.42 Å². The van der Waals surface area contributed by atoms with E-state index in [0.29, 0.717) is 0 Å². The summed E-state index contributed by atoms with van der Waals surface area (Å²) in [5.41, 5.74) is 0.286. The Labute approximate surface area is 99.8 Å². The highest BCUT2D eigenvalue weighted by Crippen LogP contribution is 2.34. The Kier molecular flexibility index (Phi) is 2.92. The van der Waals surface area contributed by atoms with Crippen LogP contribution in [0.4, 0.5) is 5.69 Å². The van der Waals surface area contributed by atoms with Gasteiger partial charge in [-0.25, -0.2) is 13.3 Å². The summed E-state index contributed by atoms with van der Waals surface area (Å²) in [7, 11) is -3.24. The van der Waals surface area contributed by atoms with Gasteiger partial charge in [0.25, 0.3) is 0 Å². The fraction of sp³-hybridized carbons (Fsp3) is 0.364. The standard InChI is InChI=1S/C11H10ClNO2S/c1-13-11-6-5-9(7-10(11)12)16(14,15)8-3-2-4-8/h5-8H,2-4H2. The van der Waals surface area contributed by atoms with E-state index in [2.05, 4.69) is 4.85 Å². The first-order valence-corrected chi connectivity index (χ1v) is 6.89. The Hall–Kier alpha value is -1.05. The maximum absolute atomic E-state index is 12.0. The van der Waals surface area contributed by atoms with Gasteiger partial charge in [0.2, 0.25) is 5.69 Å². The molecule has 0 heterocycles. The van der Waals surface area contributed by atoms with Crippen molar-refractivity contribution in [1.82, 2.24) is 0 Å². The average molecular weight is 256 g/mol. The van der Waals surface area contributed by atoms with Crippen molar-refractivity contribution in [2.75, 3.05) is 0 Å². The summed E-state index contributed by atoms with van der Waals surface area (Å²) in [4.78, 5) is 3.43. The maximum atomic E-state index is 12.0. The number of sulfone groups is 1. The zero-order valence-corrected chi connectivity index (χ0v) is 10.1. The van der Waals surface area contributed by atoms with Crippen LogP contribution in [0.15, 0.2) is 23.1 Å². The molecule has 0 spiro atoms. The van der Waals surface area contributed by atoms with E-state index in [-0.39, 0.29) is 20.9 Å². The van der Waals surface area contributed by atoms with Crippen LogP contribution in [0.2, 0.25) is 5.02 Å².